The minimum atomic E-state index is -4.78. The molecular formula is C37H83N2O28P5. The van der Waals surface area contributed by atoms with Crippen molar-refractivity contribution >= 4 is 38.9 Å². The number of phosphoric ester groups is 4. The maximum Gasteiger partial charge on any atom is 0.472 e. The molecule has 0 aliphatic rings. The molecule has 0 amide bonds. The fraction of sp³-hybridized carbons (Fsp3) is 1.00. The Balaban J connectivity index is 5.98. The SMILES string of the molecule is CCCOCCC(CO)OP(=O)(O)OCCCOCC(CCOP(=O)(O)OCCOP(C)(=O)O)(COCCCOP(=O)(O)OC(CO)CCOCNC)COCCCOP(=O)(O)OC(CO)CCOCNC. The van der Waals surface area contributed by atoms with Gasteiger partial charge in [-0.2, -0.15) is 0 Å². The Bertz CT molecular complexity index is 1440. The van der Waals surface area contributed by atoms with E-state index in [1.165, 1.54) is 0 Å². The summed E-state index contributed by atoms with van der Waals surface area (Å²) in [6.45, 7) is -1.20. The predicted molar refractivity (Wildman–Crippen MR) is 255 cm³/mol. The van der Waals surface area contributed by atoms with E-state index in [0.29, 0.717) is 6.61 Å². The lowest BCUT2D eigenvalue weighted by Crippen LogP contribution is -2.39. The Labute approximate surface area is 422 Å². The standard InChI is InChI=1S/C37H83N2O28P5/c1-5-13-53-20-9-34(26-40)65-70(47,48)60-17-6-14-54-29-37(12-23-63-69(45,46)64-25-24-59-68(4,43)44,30-55-15-7-18-61-71(49,50)66-35(27-41)10-21-57-32-38-2)31-56-16-8-19-62-72(51,52)67-36(28-42)11-22-58-33-39-3/h34-36,38-42H,5-33H2,1-4H3,(H,43,44)(H,45,46)(H,47,48)(H,49,50)(H,51,52). The lowest BCUT2D eigenvalue weighted by Gasteiger charge is -2.33. The van der Waals surface area contributed by atoms with Crippen molar-refractivity contribution in [2.24, 2.45) is 5.41 Å². The number of phosphoric acid groups is 4. The highest BCUT2D eigenvalue weighted by molar-refractivity contribution is 7.52. The van der Waals surface area contributed by atoms with Crippen molar-refractivity contribution in [2.75, 3.05) is 160 Å². The Morgan fingerprint density at radius 1 is 0.431 bits per heavy atom. The topological polar surface area (TPSA) is 410 Å². The first-order valence-corrected chi connectivity index (χ1v) is 31.1. The van der Waals surface area contributed by atoms with Gasteiger partial charge in [0.1, 0.15) is 0 Å². The van der Waals surface area contributed by atoms with Gasteiger partial charge in [-0.05, 0) is 65.5 Å². The summed E-state index contributed by atoms with van der Waals surface area (Å²) >= 11 is 0. The number of hydrogen-bond donors (Lipinski definition) is 10. The summed E-state index contributed by atoms with van der Waals surface area (Å²) in [4.78, 5) is 50.3. The lowest BCUT2D eigenvalue weighted by atomic mass is 9.87. The van der Waals surface area contributed by atoms with Crippen molar-refractivity contribution in [3.8, 4) is 0 Å². The molecule has 0 saturated heterocycles. The third kappa shape index (κ3) is 42.2. The molecule has 0 aromatic heterocycles. The molecule has 434 valence electrons. The van der Waals surface area contributed by atoms with Gasteiger partial charge in [-0.3, -0.25) is 51.4 Å². The molecule has 0 saturated carbocycles. The van der Waals surface area contributed by atoms with E-state index in [1.807, 2.05) is 6.92 Å². The third-order valence-electron chi connectivity index (χ3n) is 8.89. The first-order chi connectivity index (χ1) is 34.0. The number of nitrogens with one attached hydrogen (secondary N) is 2. The van der Waals surface area contributed by atoms with Crippen molar-refractivity contribution in [1.29, 1.82) is 0 Å². The van der Waals surface area contributed by atoms with Gasteiger partial charge in [0.2, 0.25) is 0 Å². The van der Waals surface area contributed by atoms with E-state index >= 15 is 0 Å². The van der Waals surface area contributed by atoms with E-state index < -0.39 is 102 Å². The first kappa shape index (κ1) is 72.2. The van der Waals surface area contributed by atoms with Crippen molar-refractivity contribution in [2.45, 2.75) is 76.6 Å². The monoisotopic (exact) mass is 1160 g/mol. The molecule has 8 unspecified atom stereocenters. The lowest BCUT2D eigenvalue weighted by molar-refractivity contribution is -0.0823. The van der Waals surface area contributed by atoms with E-state index in [0.717, 1.165) is 13.1 Å². The zero-order chi connectivity index (χ0) is 54.3. The smallest absolute Gasteiger partial charge is 0.394 e. The van der Waals surface area contributed by atoms with Gasteiger partial charge < -0.3 is 72.7 Å². The molecule has 30 nitrogen and oxygen atoms in total. The minimum Gasteiger partial charge on any atom is -0.394 e. The van der Waals surface area contributed by atoms with E-state index in [1.54, 1.807) is 14.1 Å². The molecule has 0 bridgehead atoms. The summed E-state index contributed by atoms with van der Waals surface area (Å²) in [5.41, 5.74) is -1.25. The second kappa shape index (κ2) is 42.1. The second-order valence-electron chi connectivity index (χ2n) is 15.7. The highest BCUT2D eigenvalue weighted by Gasteiger charge is 2.35. The predicted octanol–water partition coefficient (Wildman–Crippen LogP) is 2.02. The molecular weight excluding hydrogens is 1080 g/mol. The molecule has 0 spiro atoms. The van der Waals surface area contributed by atoms with E-state index in [-0.39, 0.29) is 138 Å². The van der Waals surface area contributed by atoms with Crippen molar-refractivity contribution in [1.82, 2.24) is 10.6 Å². The van der Waals surface area contributed by atoms with Crippen LogP contribution in [0.3, 0.4) is 0 Å². The summed E-state index contributed by atoms with van der Waals surface area (Å²) in [7, 11) is -19.2. The third-order valence-corrected chi connectivity index (χ3v) is 13.8. The summed E-state index contributed by atoms with van der Waals surface area (Å²) < 4.78 is 140. The van der Waals surface area contributed by atoms with Crippen LogP contribution in [0.4, 0.5) is 0 Å². The van der Waals surface area contributed by atoms with Crippen LogP contribution in [0.2, 0.25) is 0 Å². The zero-order valence-electron chi connectivity index (χ0n) is 41.7. The van der Waals surface area contributed by atoms with Gasteiger partial charge in [0.25, 0.3) is 0 Å². The minimum absolute atomic E-state index is 0.0296. The van der Waals surface area contributed by atoms with Gasteiger partial charge in [-0.1, -0.05) is 6.92 Å². The summed E-state index contributed by atoms with van der Waals surface area (Å²) in [6, 6.07) is 0. The first-order valence-electron chi connectivity index (χ1n) is 23.1. The highest BCUT2D eigenvalue weighted by Crippen LogP contribution is 2.47. The van der Waals surface area contributed by atoms with Crippen LogP contribution in [0, 0.1) is 5.41 Å². The second-order valence-corrected chi connectivity index (χ2v) is 23.2. The molecule has 35 heteroatoms. The van der Waals surface area contributed by atoms with Crippen LogP contribution in [0.25, 0.3) is 0 Å². The summed E-state index contributed by atoms with van der Waals surface area (Å²) in [5.74, 6) is 0. The normalized spacial score (nSPS) is 18.6. The molecule has 0 aliphatic heterocycles. The van der Waals surface area contributed by atoms with Gasteiger partial charge >= 0.3 is 38.9 Å². The van der Waals surface area contributed by atoms with Crippen LogP contribution in [-0.2, 0) is 92.0 Å². The van der Waals surface area contributed by atoms with Crippen molar-refractivity contribution < 1.29 is 132 Å². The van der Waals surface area contributed by atoms with Crippen LogP contribution in [-0.4, -0.2) is 218 Å². The largest absolute Gasteiger partial charge is 0.472 e. The fourth-order valence-corrected chi connectivity index (χ4v) is 9.46. The van der Waals surface area contributed by atoms with Gasteiger partial charge in [-0.15, -0.1) is 0 Å². The van der Waals surface area contributed by atoms with Crippen molar-refractivity contribution in [3.05, 3.63) is 0 Å². The fourth-order valence-electron chi connectivity index (χ4n) is 5.43. The van der Waals surface area contributed by atoms with E-state index in [2.05, 4.69) is 15.2 Å². The Hall–Kier alpha value is 0.150. The van der Waals surface area contributed by atoms with Gasteiger partial charge in [0.15, 0.2) is 0 Å². The molecule has 10 N–H and O–H groups in total. The Kier molecular flexibility index (Phi) is 42.2. The number of aliphatic hydroxyl groups is 3. The molecule has 72 heavy (non-hydrogen) atoms. The molecule has 0 aliphatic carbocycles. The Morgan fingerprint density at radius 3 is 1.12 bits per heavy atom. The zero-order valence-corrected chi connectivity index (χ0v) is 46.2. The highest BCUT2D eigenvalue weighted by atomic mass is 31.2. The number of hydrogen-bond acceptors (Lipinski definition) is 25. The van der Waals surface area contributed by atoms with Crippen LogP contribution in [0.1, 0.15) is 58.3 Å². The molecule has 8 atom stereocenters. The maximum absolute atomic E-state index is 12.7. The van der Waals surface area contributed by atoms with Crippen LogP contribution >= 0.6 is 38.9 Å². The van der Waals surface area contributed by atoms with Gasteiger partial charge in [0, 0.05) is 45.1 Å². The van der Waals surface area contributed by atoms with E-state index in [9.17, 15) is 62.6 Å². The molecule has 0 fully saturated rings. The van der Waals surface area contributed by atoms with Crippen LogP contribution in [0.5, 0.6) is 0 Å². The molecule has 0 aromatic carbocycles. The number of rotatable bonds is 54. The van der Waals surface area contributed by atoms with Gasteiger partial charge in [-0.25, -0.2) is 18.3 Å². The molecule has 0 heterocycles. The molecule has 0 aromatic rings. The van der Waals surface area contributed by atoms with Crippen LogP contribution in [0.15, 0.2) is 0 Å². The maximum atomic E-state index is 12.7. The van der Waals surface area contributed by atoms with Crippen LogP contribution < -0.4 is 10.6 Å². The van der Waals surface area contributed by atoms with Gasteiger partial charge in [0.05, 0.1) is 124 Å². The average molecular weight is 1160 g/mol. The molecule has 0 radical (unpaired) electrons. The van der Waals surface area contributed by atoms with E-state index in [4.69, 9.17) is 64.6 Å². The van der Waals surface area contributed by atoms with Crippen molar-refractivity contribution in [3.63, 3.8) is 0 Å². The summed E-state index contributed by atoms with van der Waals surface area (Å²) in [6.07, 6.45) is -2.12. The quantitative estimate of drug-likeness (QED) is 0.0236. The summed E-state index contributed by atoms with van der Waals surface area (Å²) in [5, 5.41) is 34.3. The molecule has 0 rings (SSSR count). The average Bonchev–Trinajstić information content (AvgIpc) is 3.31. The Morgan fingerprint density at radius 2 is 0.778 bits per heavy atom. The number of ether oxygens (including phenoxy) is 6. The number of aliphatic hydroxyl groups excluding tert-OH is 3.